The minimum atomic E-state index is 0.0170. The zero-order chi connectivity index (χ0) is 11.4. The molecule has 16 heavy (non-hydrogen) atoms. The third-order valence-corrected chi connectivity index (χ3v) is 3.72. The van der Waals surface area contributed by atoms with Crippen molar-refractivity contribution in [2.24, 2.45) is 0 Å². The Morgan fingerprint density at radius 3 is 2.81 bits per heavy atom. The molecule has 0 radical (unpaired) electrons. The van der Waals surface area contributed by atoms with Gasteiger partial charge in [0.2, 0.25) is 0 Å². The quantitative estimate of drug-likeness (QED) is 0.875. The highest BCUT2D eigenvalue weighted by Gasteiger charge is 2.25. The van der Waals surface area contributed by atoms with Crippen LogP contribution in [0.2, 0.25) is 0 Å². The van der Waals surface area contributed by atoms with E-state index in [0.717, 1.165) is 24.4 Å². The zero-order valence-corrected chi connectivity index (χ0v) is 10.2. The van der Waals surface area contributed by atoms with Crippen LogP contribution in [0.3, 0.4) is 0 Å². The maximum absolute atomic E-state index is 11.9. The van der Waals surface area contributed by atoms with E-state index in [1.165, 1.54) is 0 Å². The van der Waals surface area contributed by atoms with Gasteiger partial charge in [0.15, 0.2) is 0 Å². The summed E-state index contributed by atoms with van der Waals surface area (Å²) in [7, 11) is 0. The zero-order valence-electron chi connectivity index (χ0n) is 9.35. The molecule has 1 heterocycles. The van der Waals surface area contributed by atoms with E-state index in [4.69, 9.17) is 0 Å². The highest BCUT2D eigenvalue weighted by atomic mass is 32.2. The number of anilines is 1. The van der Waals surface area contributed by atoms with Crippen LogP contribution in [0.5, 0.6) is 0 Å². The summed E-state index contributed by atoms with van der Waals surface area (Å²) in [4.78, 5) is 13.7. The highest BCUT2D eigenvalue weighted by Crippen LogP contribution is 2.25. The van der Waals surface area contributed by atoms with E-state index in [9.17, 15) is 4.79 Å². The van der Waals surface area contributed by atoms with E-state index in [-0.39, 0.29) is 11.4 Å². The van der Waals surface area contributed by atoms with Crippen molar-refractivity contribution in [1.82, 2.24) is 5.32 Å². The standard InChI is InChI=1S/C12H16N2OS/c1-2-6-11-13-12(15)14(9-16-11)10-7-4-3-5-8-10/h3-5,7-8,11H,2,6,9H2,1H3,(H,13,15). The van der Waals surface area contributed by atoms with Gasteiger partial charge in [-0.05, 0) is 18.6 Å². The number of thioether (sulfide) groups is 1. The summed E-state index contributed by atoms with van der Waals surface area (Å²) in [6, 6.07) is 9.79. The molecule has 2 rings (SSSR count). The first-order valence-corrected chi connectivity index (χ1v) is 6.61. The number of nitrogens with zero attached hydrogens (tertiary/aromatic N) is 1. The molecule has 1 unspecified atom stereocenters. The lowest BCUT2D eigenvalue weighted by atomic mass is 10.3. The SMILES string of the molecule is CCCC1NC(=O)N(c2ccccc2)CS1. The minimum Gasteiger partial charge on any atom is -0.326 e. The van der Waals surface area contributed by atoms with Gasteiger partial charge in [-0.3, -0.25) is 4.90 Å². The van der Waals surface area contributed by atoms with Gasteiger partial charge in [-0.25, -0.2) is 4.79 Å². The Kier molecular flexibility index (Phi) is 3.72. The second-order valence-electron chi connectivity index (χ2n) is 3.79. The summed E-state index contributed by atoms with van der Waals surface area (Å²) in [5, 5.41) is 3.29. The molecule has 0 bridgehead atoms. The maximum atomic E-state index is 11.9. The average molecular weight is 236 g/mol. The molecule has 0 spiro atoms. The number of para-hydroxylation sites is 1. The number of benzene rings is 1. The predicted octanol–water partition coefficient (Wildman–Crippen LogP) is 3.03. The molecule has 1 aromatic carbocycles. The number of hydrogen-bond acceptors (Lipinski definition) is 2. The first-order chi connectivity index (χ1) is 7.81. The molecule has 0 aliphatic carbocycles. The van der Waals surface area contributed by atoms with Gasteiger partial charge in [0.1, 0.15) is 0 Å². The van der Waals surface area contributed by atoms with E-state index >= 15 is 0 Å². The van der Waals surface area contributed by atoms with Crippen molar-refractivity contribution in [2.45, 2.75) is 25.1 Å². The fourth-order valence-electron chi connectivity index (χ4n) is 1.70. The Morgan fingerprint density at radius 1 is 1.44 bits per heavy atom. The summed E-state index contributed by atoms with van der Waals surface area (Å²) >= 11 is 1.79. The number of nitrogens with one attached hydrogen (secondary N) is 1. The molecule has 1 fully saturated rings. The number of carbonyl (C=O) groups is 1. The summed E-state index contributed by atoms with van der Waals surface area (Å²) in [5.74, 6) is 0.737. The fourth-order valence-corrected chi connectivity index (χ4v) is 2.88. The number of rotatable bonds is 3. The van der Waals surface area contributed by atoms with Crippen LogP contribution in [0, 0.1) is 0 Å². The molecule has 1 atom stereocenters. The molecule has 1 N–H and O–H groups in total. The summed E-state index contributed by atoms with van der Waals surface area (Å²) in [6.07, 6.45) is 2.14. The number of hydrogen-bond donors (Lipinski definition) is 1. The van der Waals surface area contributed by atoms with Crippen molar-refractivity contribution in [3.8, 4) is 0 Å². The molecular formula is C12H16N2OS. The third-order valence-electron chi connectivity index (χ3n) is 2.55. The van der Waals surface area contributed by atoms with E-state index in [2.05, 4.69) is 12.2 Å². The first-order valence-electron chi connectivity index (χ1n) is 5.56. The smallest absolute Gasteiger partial charge is 0.323 e. The van der Waals surface area contributed by atoms with Gasteiger partial charge in [-0.2, -0.15) is 0 Å². The van der Waals surface area contributed by atoms with E-state index in [1.54, 1.807) is 16.7 Å². The van der Waals surface area contributed by atoms with Crippen LogP contribution in [-0.4, -0.2) is 17.3 Å². The van der Waals surface area contributed by atoms with Crippen LogP contribution in [-0.2, 0) is 0 Å². The molecule has 2 amide bonds. The molecule has 4 heteroatoms. The topological polar surface area (TPSA) is 32.3 Å². The second kappa shape index (κ2) is 5.25. The molecule has 0 aromatic heterocycles. The lowest BCUT2D eigenvalue weighted by molar-refractivity contribution is 0.245. The summed E-state index contributed by atoms with van der Waals surface area (Å²) < 4.78 is 0. The Bertz CT molecular complexity index is 355. The van der Waals surface area contributed by atoms with Crippen LogP contribution in [0.25, 0.3) is 0 Å². The van der Waals surface area contributed by atoms with E-state index < -0.39 is 0 Å². The number of carbonyl (C=O) groups excluding carboxylic acids is 1. The largest absolute Gasteiger partial charge is 0.326 e. The summed E-state index contributed by atoms with van der Waals surface area (Å²) in [6.45, 7) is 2.14. The number of urea groups is 1. The second-order valence-corrected chi connectivity index (χ2v) is 4.95. The lowest BCUT2D eigenvalue weighted by Crippen LogP contribution is -2.49. The monoisotopic (exact) mass is 236 g/mol. The Morgan fingerprint density at radius 2 is 2.19 bits per heavy atom. The molecule has 86 valence electrons. The van der Waals surface area contributed by atoms with E-state index in [0.29, 0.717) is 0 Å². The molecule has 3 nitrogen and oxygen atoms in total. The van der Waals surface area contributed by atoms with Crippen molar-refractivity contribution in [3.05, 3.63) is 30.3 Å². The van der Waals surface area contributed by atoms with Crippen LogP contribution in [0.1, 0.15) is 19.8 Å². The van der Waals surface area contributed by atoms with Crippen LogP contribution < -0.4 is 10.2 Å². The van der Waals surface area contributed by atoms with Gasteiger partial charge in [0, 0.05) is 5.69 Å². The predicted molar refractivity (Wildman–Crippen MR) is 68.6 cm³/mol. The molecule has 1 saturated heterocycles. The maximum Gasteiger partial charge on any atom is 0.323 e. The minimum absolute atomic E-state index is 0.0170. The van der Waals surface area contributed by atoms with Gasteiger partial charge >= 0.3 is 6.03 Å². The van der Waals surface area contributed by atoms with Gasteiger partial charge in [-0.1, -0.05) is 31.5 Å². The molecular weight excluding hydrogens is 220 g/mol. The molecule has 0 saturated carbocycles. The summed E-state index contributed by atoms with van der Waals surface area (Å²) in [5.41, 5.74) is 0.961. The average Bonchev–Trinajstić information content (AvgIpc) is 2.31. The van der Waals surface area contributed by atoms with Gasteiger partial charge in [0.25, 0.3) is 0 Å². The lowest BCUT2D eigenvalue weighted by Gasteiger charge is -2.32. The van der Waals surface area contributed by atoms with Crippen molar-refractivity contribution in [1.29, 1.82) is 0 Å². The van der Waals surface area contributed by atoms with Crippen molar-refractivity contribution < 1.29 is 4.79 Å². The highest BCUT2D eigenvalue weighted by molar-refractivity contribution is 8.00. The van der Waals surface area contributed by atoms with Crippen LogP contribution in [0.15, 0.2) is 30.3 Å². The molecule has 1 aliphatic heterocycles. The molecule has 1 aromatic rings. The first kappa shape index (κ1) is 11.3. The Hall–Kier alpha value is -1.16. The van der Waals surface area contributed by atoms with Gasteiger partial charge < -0.3 is 5.32 Å². The van der Waals surface area contributed by atoms with Crippen LogP contribution >= 0.6 is 11.8 Å². The van der Waals surface area contributed by atoms with Crippen molar-refractivity contribution in [3.63, 3.8) is 0 Å². The third kappa shape index (κ3) is 2.50. The normalized spacial score (nSPS) is 20.7. The Labute approximate surface area is 100 Å². The molecule has 1 aliphatic rings. The van der Waals surface area contributed by atoms with Gasteiger partial charge in [0.05, 0.1) is 11.3 Å². The fraction of sp³-hybridized carbons (Fsp3) is 0.417. The number of amides is 2. The van der Waals surface area contributed by atoms with Crippen molar-refractivity contribution in [2.75, 3.05) is 10.8 Å². The van der Waals surface area contributed by atoms with Crippen molar-refractivity contribution >= 4 is 23.5 Å². The van der Waals surface area contributed by atoms with Crippen LogP contribution in [0.4, 0.5) is 10.5 Å². The van der Waals surface area contributed by atoms with Gasteiger partial charge in [-0.15, -0.1) is 11.8 Å². The van der Waals surface area contributed by atoms with E-state index in [1.807, 2.05) is 30.3 Å². The Balaban J connectivity index is 2.02.